The molecule has 1 unspecified atom stereocenters. The molecule has 0 bridgehead atoms. The zero-order valence-electron chi connectivity index (χ0n) is 9.58. The molecule has 1 aromatic heterocycles. The number of nitrogens with zero attached hydrogens (tertiary/aromatic N) is 2. The topological polar surface area (TPSA) is 38.9 Å². The second-order valence-electron chi connectivity index (χ2n) is 3.77. The molecule has 0 aliphatic rings. The minimum atomic E-state index is -0.198. The monoisotopic (exact) mass is 314 g/mol. The normalized spacial score (nSPS) is 12.7. The summed E-state index contributed by atoms with van der Waals surface area (Å²) in [6, 6.07) is 5.90. The molecular weight excluding hydrogens is 304 g/mol. The third kappa shape index (κ3) is 2.53. The molecule has 0 aliphatic heterocycles. The van der Waals surface area contributed by atoms with Gasteiger partial charge in [0.25, 0.3) is 5.89 Å². The van der Waals surface area contributed by atoms with E-state index in [1.807, 2.05) is 32.0 Å². The minimum absolute atomic E-state index is 0.198. The van der Waals surface area contributed by atoms with Crippen LogP contribution in [0.4, 0.5) is 0 Å². The first-order valence-electron chi connectivity index (χ1n) is 5.36. The summed E-state index contributed by atoms with van der Waals surface area (Å²) in [4.78, 5) is 4.31. The van der Waals surface area contributed by atoms with Crippen molar-refractivity contribution in [3.63, 3.8) is 0 Å². The third-order valence-corrected chi connectivity index (χ3v) is 4.06. The maximum atomic E-state index is 6.07. The van der Waals surface area contributed by atoms with Gasteiger partial charge in [-0.15, -0.1) is 11.6 Å². The number of aromatic nitrogens is 2. The second-order valence-corrected chi connectivity index (χ2v) is 5.09. The molecule has 2 aromatic rings. The first kappa shape index (κ1) is 12.6. The van der Waals surface area contributed by atoms with Crippen LogP contribution in [0.25, 0.3) is 11.5 Å². The summed E-state index contributed by atoms with van der Waals surface area (Å²) in [6.07, 6.45) is 0.773. The molecular formula is C12H12BrClN2O. The molecule has 17 heavy (non-hydrogen) atoms. The molecule has 0 aliphatic carbocycles. The summed E-state index contributed by atoms with van der Waals surface area (Å²) >= 11 is 9.59. The Hall–Kier alpha value is -0.870. The second kappa shape index (κ2) is 5.19. The Morgan fingerprint density at radius 1 is 1.47 bits per heavy atom. The van der Waals surface area contributed by atoms with E-state index < -0.39 is 0 Å². The summed E-state index contributed by atoms with van der Waals surface area (Å²) < 4.78 is 6.20. The lowest BCUT2D eigenvalue weighted by atomic mass is 10.1. The van der Waals surface area contributed by atoms with Gasteiger partial charge in [-0.3, -0.25) is 0 Å². The summed E-state index contributed by atoms with van der Waals surface area (Å²) in [5.74, 6) is 1.03. The highest BCUT2D eigenvalue weighted by atomic mass is 79.9. The number of aryl methyl sites for hydroxylation is 1. The van der Waals surface area contributed by atoms with Gasteiger partial charge in [-0.2, -0.15) is 4.98 Å². The quantitative estimate of drug-likeness (QED) is 0.783. The highest BCUT2D eigenvalue weighted by Crippen LogP contribution is 2.31. The minimum Gasteiger partial charge on any atom is -0.334 e. The average molecular weight is 316 g/mol. The Balaban J connectivity index is 2.40. The van der Waals surface area contributed by atoms with Crippen LogP contribution < -0.4 is 0 Å². The van der Waals surface area contributed by atoms with E-state index in [2.05, 4.69) is 26.1 Å². The molecule has 2 rings (SSSR count). The summed E-state index contributed by atoms with van der Waals surface area (Å²) in [5, 5.41) is 3.70. The molecule has 1 aromatic carbocycles. The van der Waals surface area contributed by atoms with Crippen LogP contribution in [0, 0.1) is 6.92 Å². The Bertz CT molecular complexity index is 527. The lowest BCUT2D eigenvalue weighted by Gasteiger charge is -2.01. The van der Waals surface area contributed by atoms with E-state index in [4.69, 9.17) is 16.1 Å². The van der Waals surface area contributed by atoms with Crippen molar-refractivity contribution < 1.29 is 4.52 Å². The van der Waals surface area contributed by atoms with E-state index in [9.17, 15) is 0 Å². The Morgan fingerprint density at radius 2 is 2.24 bits per heavy atom. The van der Waals surface area contributed by atoms with Gasteiger partial charge in [-0.05, 0) is 40.9 Å². The molecule has 5 heteroatoms. The average Bonchev–Trinajstić information content (AvgIpc) is 2.81. The zero-order valence-corrected chi connectivity index (χ0v) is 11.9. The fourth-order valence-electron chi connectivity index (χ4n) is 1.47. The van der Waals surface area contributed by atoms with Crippen LogP contribution in [0.1, 0.15) is 30.1 Å². The van der Waals surface area contributed by atoms with E-state index >= 15 is 0 Å². The molecule has 0 N–H and O–H groups in total. The van der Waals surface area contributed by atoms with Crippen LogP contribution in [0.3, 0.4) is 0 Å². The predicted octanol–water partition coefficient (Wildman–Crippen LogP) is 4.50. The molecule has 1 atom stereocenters. The lowest BCUT2D eigenvalue weighted by molar-refractivity contribution is 0.421. The molecule has 0 radical (unpaired) electrons. The molecule has 0 saturated heterocycles. The van der Waals surface area contributed by atoms with Gasteiger partial charge in [0.1, 0.15) is 0 Å². The standard InChI is InChI=1S/C12H12BrClN2O/c1-3-9(14)11-15-12(17-16-11)8-6-4-5-7(2)10(8)13/h4-6,9H,3H2,1-2H3. The van der Waals surface area contributed by atoms with Gasteiger partial charge < -0.3 is 4.52 Å². The van der Waals surface area contributed by atoms with Gasteiger partial charge in [-0.25, -0.2) is 0 Å². The predicted molar refractivity (Wildman–Crippen MR) is 71.1 cm³/mol. The Kier molecular flexibility index (Phi) is 3.84. The van der Waals surface area contributed by atoms with Crippen molar-refractivity contribution in [2.45, 2.75) is 25.6 Å². The van der Waals surface area contributed by atoms with E-state index in [1.54, 1.807) is 0 Å². The van der Waals surface area contributed by atoms with E-state index in [1.165, 1.54) is 0 Å². The number of rotatable bonds is 3. The van der Waals surface area contributed by atoms with E-state index in [0.717, 1.165) is 22.0 Å². The molecule has 1 heterocycles. The summed E-state index contributed by atoms with van der Waals surface area (Å²) in [5.41, 5.74) is 2.02. The smallest absolute Gasteiger partial charge is 0.259 e. The van der Waals surface area contributed by atoms with Gasteiger partial charge in [0.05, 0.1) is 10.9 Å². The fourth-order valence-corrected chi connectivity index (χ4v) is 1.99. The van der Waals surface area contributed by atoms with Crippen LogP contribution in [0.15, 0.2) is 27.2 Å². The van der Waals surface area contributed by atoms with Gasteiger partial charge in [0.15, 0.2) is 5.82 Å². The zero-order chi connectivity index (χ0) is 12.4. The van der Waals surface area contributed by atoms with Gasteiger partial charge >= 0.3 is 0 Å². The Labute approximate surface area is 113 Å². The molecule has 0 saturated carbocycles. The van der Waals surface area contributed by atoms with Crippen molar-refractivity contribution in [2.75, 3.05) is 0 Å². The van der Waals surface area contributed by atoms with Crippen LogP contribution in [-0.4, -0.2) is 10.1 Å². The summed E-state index contributed by atoms with van der Waals surface area (Å²) in [6.45, 7) is 4.00. The first-order chi connectivity index (χ1) is 8.13. The van der Waals surface area contributed by atoms with Gasteiger partial charge in [-0.1, -0.05) is 24.2 Å². The van der Waals surface area contributed by atoms with Crippen LogP contribution in [0.2, 0.25) is 0 Å². The van der Waals surface area contributed by atoms with E-state index in [0.29, 0.717) is 11.7 Å². The maximum absolute atomic E-state index is 6.07. The molecule has 0 fully saturated rings. The largest absolute Gasteiger partial charge is 0.334 e. The van der Waals surface area contributed by atoms with Crippen molar-refractivity contribution in [3.8, 4) is 11.5 Å². The van der Waals surface area contributed by atoms with Crippen LogP contribution in [0.5, 0.6) is 0 Å². The number of alkyl halides is 1. The highest BCUT2D eigenvalue weighted by molar-refractivity contribution is 9.10. The van der Waals surface area contributed by atoms with Gasteiger partial charge in [0, 0.05) is 4.47 Å². The summed E-state index contributed by atoms with van der Waals surface area (Å²) in [7, 11) is 0. The Morgan fingerprint density at radius 3 is 2.94 bits per heavy atom. The first-order valence-corrected chi connectivity index (χ1v) is 6.59. The number of benzene rings is 1. The van der Waals surface area contributed by atoms with Crippen molar-refractivity contribution in [1.29, 1.82) is 0 Å². The van der Waals surface area contributed by atoms with Crippen molar-refractivity contribution in [1.82, 2.24) is 10.1 Å². The fraction of sp³-hybridized carbons (Fsp3) is 0.333. The molecule has 0 amide bonds. The third-order valence-electron chi connectivity index (χ3n) is 2.50. The van der Waals surface area contributed by atoms with Crippen molar-refractivity contribution in [3.05, 3.63) is 34.1 Å². The van der Waals surface area contributed by atoms with Crippen molar-refractivity contribution >= 4 is 27.5 Å². The van der Waals surface area contributed by atoms with Crippen molar-refractivity contribution in [2.24, 2.45) is 0 Å². The van der Waals surface area contributed by atoms with E-state index in [-0.39, 0.29) is 5.38 Å². The molecule has 90 valence electrons. The number of halogens is 2. The van der Waals surface area contributed by atoms with Crippen LogP contribution >= 0.6 is 27.5 Å². The SMILES string of the molecule is CCC(Cl)c1noc(-c2cccc(C)c2Br)n1. The molecule has 3 nitrogen and oxygen atoms in total. The highest BCUT2D eigenvalue weighted by Gasteiger charge is 2.16. The molecule has 0 spiro atoms. The maximum Gasteiger partial charge on any atom is 0.259 e. The lowest BCUT2D eigenvalue weighted by Crippen LogP contribution is -1.91. The number of hydrogen-bond donors (Lipinski definition) is 0. The number of hydrogen-bond acceptors (Lipinski definition) is 3. The van der Waals surface area contributed by atoms with Gasteiger partial charge in [0.2, 0.25) is 0 Å². The van der Waals surface area contributed by atoms with Crippen LogP contribution in [-0.2, 0) is 0 Å².